The molecule has 1 N–H and O–H groups in total. The first-order chi connectivity index (χ1) is 9.28. The average Bonchev–Trinajstić information content (AvgIpc) is 3.04. The molecular formula is C15H18N2O2. The normalized spacial score (nSPS) is 17.5. The van der Waals surface area contributed by atoms with Gasteiger partial charge in [0, 0.05) is 23.9 Å². The van der Waals surface area contributed by atoms with Crippen LogP contribution in [0.5, 0.6) is 5.75 Å². The van der Waals surface area contributed by atoms with Gasteiger partial charge in [-0.1, -0.05) is 12.1 Å². The molecule has 0 bridgehead atoms. The Morgan fingerprint density at radius 2 is 2.37 bits per heavy atom. The quantitative estimate of drug-likeness (QED) is 0.916. The molecule has 1 aliphatic carbocycles. The number of hydrogen-bond acceptors (Lipinski definition) is 3. The molecule has 1 aromatic carbocycles. The van der Waals surface area contributed by atoms with Crippen LogP contribution in [0.1, 0.15) is 36.1 Å². The zero-order valence-electron chi connectivity index (χ0n) is 11.0. The second kappa shape index (κ2) is 5.05. The Labute approximate surface area is 112 Å². The number of rotatable bonds is 4. The van der Waals surface area contributed by atoms with E-state index in [1.165, 1.54) is 0 Å². The maximum absolute atomic E-state index is 9.86. The summed E-state index contributed by atoms with van der Waals surface area (Å²) in [6, 6.07) is 5.90. The van der Waals surface area contributed by atoms with E-state index in [1.807, 2.05) is 35.3 Å². The van der Waals surface area contributed by atoms with Gasteiger partial charge < -0.3 is 9.84 Å². The lowest BCUT2D eigenvalue weighted by atomic mass is 10.1. The Hall–Kier alpha value is -1.81. The highest BCUT2D eigenvalue weighted by Gasteiger charge is 2.23. The molecule has 0 saturated carbocycles. The first kappa shape index (κ1) is 12.2. The van der Waals surface area contributed by atoms with Gasteiger partial charge in [-0.3, -0.25) is 4.68 Å². The number of aliphatic hydroxyl groups excluding tert-OH is 1. The van der Waals surface area contributed by atoms with E-state index in [9.17, 15) is 5.11 Å². The minimum absolute atomic E-state index is 0.332. The lowest BCUT2D eigenvalue weighted by molar-refractivity contribution is 0.180. The van der Waals surface area contributed by atoms with Gasteiger partial charge in [-0.2, -0.15) is 5.10 Å². The van der Waals surface area contributed by atoms with E-state index in [4.69, 9.17) is 4.74 Å². The summed E-state index contributed by atoms with van der Waals surface area (Å²) in [5, 5.41) is 14.1. The van der Waals surface area contributed by atoms with Crippen LogP contribution in [0.3, 0.4) is 0 Å². The average molecular weight is 258 g/mol. The van der Waals surface area contributed by atoms with E-state index >= 15 is 0 Å². The minimum atomic E-state index is -0.332. The number of nitrogens with zero attached hydrogens (tertiary/aromatic N) is 2. The fourth-order valence-electron chi connectivity index (χ4n) is 2.55. The van der Waals surface area contributed by atoms with Gasteiger partial charge in [-0.05, 0) is 31.4 Å². The van der Waals surface area contributed by atoms with Crippen molar-refractivity contribution in [2.75, 3.05) is 0 Å². The zero-order chi connectivity index (χ0) is 13.2. The number of fused-ring (bicyclic) bond motifs is 1. The van der Waals surface area contributed by atoms with Crippen molar-refractivity contribution in [3.8, 4) is 5.75 Å². The smallest absolute Gasteiger partial charge is 0.123 e. The van der Waals surface area contributed by atoms with Gasteiger partial charge in [0.05, 0.1) is 12.3 Å². The zero-order valence-corrected chi connectivity index (χ0v) is 11.0. The Kier molecular flexibility index (Phi) is 3.25. The molecule has 19 heavy (non-hydrogen) atoms. The van der Waals surface area contributed by atoms with Crippen molar-refractivity contribution in [2.24, 2.45) is 0 Å². The molecule has 1 heterocycles. The molecule has 4 heteroatoms. The first-order valence-electron chi connectivity index (χ1n) is 6.72. The van der Waals surface area contributed by atoms with E-state index in [0.29, 0.717) is 6.61 Å². The summed E-state index contributed by atoms with van der Waals surface area (Å²) < 4.78 is 7.76. The molecular weight excluding hydrogens is 240 g/mol. The van der Waals surface area contributed by atoms with Crippen molar-refractivity contribution in [2.45, 2.75) is 39.0 Å². The topological polar surface area (TPSA) is 47.3 Å². The van der Waals surface area contributed by atoms with E-state index in [1.54, 1.807) is 0 Å². The van der Waals surface area contributed by atoms with Crippen LogP contribution in [0, 0.1) is 0 Å². The summed E-state index contributed by atoms with van der Waals surface area (Å²) in [4.78, 5) is 0. The summed E-state index contributed by atoms with van der Waals surface area (Å²) in [5.41, 5.74) is 3.23. The van der Waals surface area contributed by atoms with Crippen molar-refractivity contribution in [1.82, 2.24) is 9.78 Å². The number of aliphatic hydroxyl groups is 1. The maximum atomic E-state index is 9.86. The van der Waals surface area contributed by atoms with E-state index in [-0.39, 0.29) is 6.10 Å². The van der Waals surface area contributed by atoms with Gasteiger partial charge in [0.25, 0.3) is 0 Å². The lowest BCUT2D eigenvalue weighted by Gasteiger charge is -2.10. The molecule has 4 nitrogen and oxygen atoms in total. The summed E-state index contributed by atoms with van der Waals surface area (Å²) in [5.74, 6) is 0.887. The molecule has 0 fully saturated rings. The molecule has 1 atom stereocenters. The van der Waals surface area contributed by atoms with Crippen molar-refractivity contribution in [1.29, 1.82) is 0 Å². The Balaban J connectivity index is 1.74. The Bertz CT molecular complexity index is 577. The van der Waals surface area contributed by atoms with Crippen LogP contribution >= 0.6 is 0 Å². The van der Waals surface area contributed by atoms with E-state index < -0.39 is 0 Å². The van der Waals surface area contributed by atoms with Gasteiger partial charge in [0.15, 0.2) is 0 Å². The van der Waals surface area contributed by atoms with E-state index in [0.717, 1.165) is 41.8 Å². The Morgan fingerprint density at radius 3 is 3.16 bits per heavy atom. The number of benzene rings is 1. The number of aryl methyl sites for hydroxylation is 1. The monoisotopic (exact) mass is 258 g/mol. The number of aromatic nitrogens is 2. The summed E-state index contributed by atoms with van der Waals surface area (Å²) >= 11 is 0. The van der Waals surface area contributed by atoms with E-state index in [2.05, 4.69) is 12.0 Å². The molecule has 3 rings (SSSR count). The van der Waals surface area contributed by atoms with Crippen molar-refractivity contribution in [3.63, 3.8) is 0 Å². The molecule has 0 saturated heterocycles. The molecule has 0 amide bonds. The standard InChI is InChI=1S/C15H18N2O2/c1-2-17-9-11(8-16-17)10-19-15-5-3-4-12-13(15)6-7-14(12)18/h3-5,8-9,14,18H,2,6-7,10H2,1H3. The summed E-state index contributed by atoms with van der Waals surface area (Å²) in [7, 11) is 0. The molecule has 100 valence electrons. The number of hydrogen-bond donors (Lipinski definition) is 1. The van der Waals surface area contributed by atoms with Crippen molar-refractivity contribution < 1.29 is 9.84 Å². The highest BCUT2D eigenvalue weighted by atomic mass is 16.5. The van der Waals surface area contributed by atoms with Crippen LogP contribution in [0.25, 0.3) is 0 Å². The largest absolute Gasteiger partial charge is 0.488 e. The van der Waals surface area contributed by atoms with Gasteiger partial charge in [0.1, 0.15) is 12.4 Å². The maximum Gasteiger partial charge on any atom is 0.123 e. The Morgan fingerprint density at radius 1 is 1.47 bits per heavy atom. The fourth-order valence-corrected chi connectivity index (χ4v) is 2.55. The molecule has 1 aliphatic rings. The first-order valence-corrected chi connectivity index (χ1v) is 6.72. The third-order valence-electron chi connectivity index (χ3n) is 3.60. The fraction of sp³-hybridized carbons (Fsp3) is 0.400. The highest BCUT2D eigenvalue weighted by molar-refractivity contribution is 5.44. The second-order valence-corrected chi connectivity index (χ2v) is 4.87. The van der Waals surface area contributed by atoms with Gasteiger partial charge in [-0.25, -0.2) is 0 Å². The predicted molar refractivity (Wildman–Crippen MR) is 72.0 cm³/mol. The number of ether oxygens (including phenoxy) is 1. The van der Waals surface area contributed by atoms with Gasteiger partial charge in [0.2, 0.25) is 0 Å². The highest BCUT2D eigenvalue weighted by Crippen LogP contribution is 2.36. The van der Waals surface area contributed by atoms with Crippen LogP contribution in [0.4, 0.5) is 0 Å². The van der Waals surface area contributed by atoms with Crippen LogP contribution in [0.2, 0.25) is 0 Å². The molecule has 0 radical (unpaired) electrons. The molecule has 0 spiro atoms. The SMILES string of the molecule is CCn1cc(COc2cccc3c2CCC3O)cn1. The molecule has 0 aliphatic heterocycles. The lowest BCUT2D eigenvalue weighted by Crippen LogP contribution is -1.98. The van der Waals surface area contributed by atoms with Crippen LogP contribution in [-0.4, -0.2) is 14.9 Å². The van der Waals surface area contributed by atoms with Gasteiger partial charge in [-0.15, -0.1) is 0 Å². The van der Waals surface area contributed by atoms with Gasteiger partial charge >= 0.3 is 0 Å². The van der Waals surface area contributed by atoms with Crippen LogP contribution in [-0.2, 0) is 19.6 Å². The second-order valence-electron chi connectivity index (χ2n) is 4.87. The summed E-state index contributed by atoms with van der Waals surface area (Å²) in [6.45, 7) is 3.45. The van der Waals surface area contributed by atoms with Crippen LogP contribution in [0.15, 0.2) is 30.6 Å². The molecule has 2 aromatic rings. The van der Waals surface area contributed by atoms with Crippen molar-refractivity contribution in [3.05, 3.63) is 47.3 Å². The molecule has 1 unspecified atom stereocenters. The third kappa shape index (κ3) is 2.36. The minimum Gasteiger partial charge on any atom is -0.488 e. The third-order valence-corrected chi connectivity index (χ3v) is 3.60. The summed E-state index contributed by atoms with van der Waals surface area (Å²) in [6.07, 6.45) is 5.19. The molecule has 1 aromatic heterocycles. The predicted octanol–water partition coefficient (Wildman–Crippen LogP) is 2.46. The van der Waals surface area contributed by atoms with Crippen LogP contribution < -0.4 is 4.74 Å². The van der Waals surface area contributed by atoms with Crippen molar-refractivity contribution >= 4 is 0 Å².